The Morgan fingerprint density at radius 2 is 1.50 bits per heavy atom. The molecular weight excluding hydrogens is 553 g/mol. The number of carbonyl (C=O) groups is 2. The van der Waals surface area contributed by atoms with Crippen LogP contribution in [-0.2, 0) is 32.6 Å². The number of amides is 2. The Balaban J connectivity index is 1.80. The van der Waals surface area contributed by atoms with Crippen molar-refractivity contribution in [2.45, 2.75) is 37.8 Å². The van der Waals surface area contributed by atoms with Crippen LogP contribution in [-0.4, -0.2) is 44.8 Å². The van der Waals surface area contributed by atoms with Crippen molar-refractivity contribution in [3.8, 4) is 0 Å². The van der Waals surface area contributed by atoms with Gasteiger partial charge in [-0.3, -0.25) is 13.9 Å². The van der Waals surface area contributed by atoms with Crippen molar-refractivity contribution in [2.75, 3.05) is 17.9 Å². The number of hydrogen-bond acceptors (Lipinski definition) is 4. The first-order valence-corrected chi connectivity index (χ1v) is 15.0. The molecule has 42 heavy (non-hydrogen) atoms. The number of nitrogens with zero attached hydrogens (tertiary/aromatic N) is 2. The molecule has 0 radical (unpaired) electrons. The van der Waals surface area contributed by atoms with Gasteiger partial charge in [0.15, 0.2) is 0 Å². The van der Waals surface area contributed by atoms with E-state index in [1.165, 1.54) is 30.1 Å². The number of aryl methyl sites for hydroxylation is 2. The van der Waals surface area contributed by atoms with E-state index in [1.54, 1.807) is 48.5 Å². The highest BCUT2D eigenvalue weighted by Crippen LogP contribution is 2.26. The molecule has 1 atom stereocenters. The zero-order chi connectivity index (χ0) is 30.3. The number of carbonyl (C=O) groups excluding carboxylic acids is 2. The van der Waals surface area contributed by atoms with Gasteiger partial charge in [0.2, 0.25) is 11.8 Å². The number of sulfonamides is 1. The molecular formula is C33H34FN3O4S. The lowest BCUT2D eigenvalue weighted by Crippen LogP contribution is -2.53. The molecule has 0 aromatic heterocycles. The van der Waals surface area contributed by atoms with Crippen LogP contribution in [0.1, 0.15) is 22.3 Å². The Morgan fingerprint density at radius 3 is 2.14 bits per heavy atom. The maximum absolute atomic E-state index is 14.9. The fourth-order valence-electron chi connectivity index (χ4n) is 4.68. The predicted octanol–water partition coefficient (Wildman–Crippen LogP) is 5.02. The number of benzene rings is 4. The maximum atomic E-state index is 14.9. The summed E-state index contributed by atoms with van der Waals surface area (Å²) >= 11 is 0. The highest BCUT2D eigenvalue weighted by molar-refractivity contribution is 7.92. The summed E-state index contributed by atoms with van der Waals surface area (Å²) in [5.41, 5.74) is 2.99. The van der Waals surface area contributed by atoms with Crippen molar-refractivity contribution in [3.05, 3.63) is 131 Å². The van der Waals surface area contributed by atoms with E-state index in [-0.39, 0.29) is 23.4 Å². The van der Waals surface area contributed by atoms with Gasteiger partial charge in [-0.15, -0.1) is 0 Å². The summed E-state index contributed by atoms with van der Waals surface area (Å²) in [6.45, 7) is 2.84. The van der Waals surface area contributed by atoms with Gasteiger partial charge in [-0.2, -0.15) is 0 Å². The number of likely N-dealkylation sites (N-methyl/N-ethyl adjacent to an activating group) is 1. The minimum absolute atomic E-state index is 0.0233. The monoisotopic (exact) mass is 587 g/mol. The second-order valence-electron chi connectivity index (χ2n) is 10.1. The summed E-state index contributed by atoms with van der Waals surface area (Å²) in [4.78, 5) is 28.8. The second kappa shape index (κ2) is 13.4. The second-order valence-corrected chi connectivity index (χ2v) is 12.0. The minimum Gasteiger partial charge on any atom is -0.357 e. The summed E-state index contributed by atoms with van der Waals surface area (Å²) in [7, 11) is -2.73. The molecule has 7 nitrogen and oxygen atoms in total. The minimum atomic E-state index is -4.20. The van der Waals surface area contributed by atoms with Crippen molar-refractivity contribution < 1.29 is 22.4 Å². The van der Waals surface area contributed by atoms with Crippen molar-refractivity contribution in [1.29, 1.82) is 0 Å². The Kier molecular flexibility index (Phi) is 9.75. The number of anilines is 1. The van der Waals surface area contributed by atoms with Crippen LogP contribution in [0.3, 0.4) is 0 Å². The van der Waals surface area contributed by atoms with Crippen LogP contribution in [0.15, 0.2) is 108 Å². The molecule has 0 spiro atoms. The topological polar surface area (TPSA) is 86.8 Å². The number of halogens is 1. The zero-order valence-electron chi connectivity index (χ0n) is 23.8. The van der Waals surface area contributed by atoms with Crippen LogP contribution in [0.5, 0.6) is 0 Å². The van der Waals surface area contributed by atoms with Gasteiger partial charge in [0, 0.05) is 25.6 Å². The van der Waals surface area contributed by atoms with Gasteiger partial charge < -0.3 is 10.2 Å². The number of nitrogens with one attached hydrogen (secondary N) is 1. The van der Waals surface area contributed by atoms with E-state index in [1.807, 2.05) is 50.2 Å². The van der Waals surface area contributed by atoms with Gasteiger partial charge in [0.05, 0.1) is 10.6 Å². The van der Waals surface area contributed by atoms with Crippen molar-refractivity contribution in [2.24, 2.45) is 0 Å². The molecule has 0 saturated carbocycles. The van der Waals surface area contributed by atoms with E-state index in [4.69, 9.17) is 0 Å². The van der Waals surface area contributed by atoms with Gasteiger partial charge in [-0.25, -0.2) is 12.8 Å². The molecule has 0 bridgehead atoms. The molecule has 4 rings (SSSR count). The first-order valence-electron chi connectivity index (χ1n) is 13.5. The van der Waals surface area contributed by atoms with E-state index in [2.05, 4.69) is 5.32 Å². The molecule has 0 heterocycles. The lowest BCUT2D eigenvalue weighted by Gasteiger charge is -2.33. The predicted molar refractivity (Wildman–Crippen MR) is 162 cm³/mol. The molecule has 0 saturated heterocycles. The summed E-state index contributed by atoms with van der Waals surface area (Å²) in [6, 6.07) is 27.4. The summed E-state index contributed by atoms with van der Waals surface area (Å²) in [5, 5.41) is 2.62. The fourth-order valence-corrected chi connectivity index (χ4v) is 6.09. The van der Waals surface area contributed by atoms with Crippen LogP contribution in [0, 0.1) is 19.7 Å². The van der Waals surface area contributed by atoms with Crippen LogP contribution >= 0.6 is 0 Å². The van der Waals surface area contributed by atoms with E-state index in [9.17, 15) is 22.4 Å². The number of rotatable bonds is 11. The molecule has 0 unspecified atom stereocenters. The average molecular weight is 588 g/mol. The molecule has 0 fully saturated rings. The van der Waals surface area contributed by atoms with Crippen LogP contribution < -0.4 is 9.62 Å². The fraction of sp³-hybridized carbons (Fsp3) is 0.212. The normalized spacial score (nSPS) is 11.9. The third-order valence-corrected chi connectivity index (χ3v) is 8.78. The SMILES string of the molecule is CNC(=O)[C@@H](Cc1ccccc1)N(Cc1ccccc1F)C(=O)CN(c1cccc(C)c1)S(=O)(=O)c1ccc(C)cc1. The van der Waals surface area contributed by atoms with Crippen LogP contribution in [0.25, 0.3) is 0 Å². The van der Waals surface area contributed by atoms with Crippen molar-refractivity contribution >= 4 is 27.5 Å². The molecule has 0 aliphatic rings. The largest absolute Gasteiger partial charge is 0.357 e. The van der Waals surface area contributed by atoms with Gasteiger partial charge in [0.1, 0.15) is 18.4 Å². The quantitative estimate of drug-likeness (QED) is 0.267. The summed E-state index contributed by atoms with van der Waals surface area (Å²) in [6.07, 6.45) is 0.149. The molecule has 1 N–H and O–H groups in total. The Hall–Kier alpha value is -4.50. The van der Waals surface area contributed by atoms with Gasteiger partial charge in [-0.1, -0.05) is 78.4 Å². The van der Waals surface area contributed by atoms with Gasteiger partial charge in [-0.05, 0) is 55.3 Å². The van der Waals surface area contributed by atoms with Crippen molar-refractivity contribution in [1.82, 2.24) is 10.2 Å². The van der Waals surface area contributed by atoms with Crippen LogP contribution in [0.4, 0.5) is 10.1 Å². The first-order chi connectivity index (χ1) is 20.1. The molecule has 218 valence electrons. The third-order valence-electron chi connectivity index (χ3n) is 6.99. The lowest BCUT2D eigenvalue weighted by molar-refractivity contribution is -0.139. The van der Waals surface area contributed by atoms with E-state index in [0.29, 0.717) is 5.69 Å². The van der Waals surface area contributed by atoms with E-state index in [0.717, 1.165) is 21.0 Å². The molecule has 0 aliphatic carbocycles. The summed E-state index contributed by atoms with van der Waals surface area (Å²) < 4.78 is 43.9. The third kappa shape index (κ3) is 7.22. The summed E-state index contributed by atoms with van der Waals surface area (Å²) in [5.74, 6) is -1.64. The van der Waals surface area contributed by atoms with Crippen molar-refractivity contribution in [3.63, 3.8) is 0 Å². The smallest absolute Gasteiger partial charge is 0.264 e. The van der Waals surface area contributed by atoms with Crippen LogP contribution in [0.2, 0.25) is 0 Å². The van der Waals surface area contributed by atoms with Gasteiger partial charge >= 0.3 is 0 Å². The molecule has 0 aliphatic heterocycles. The Bertz CT molecular complexity index is 1640. The molecule has 4 aromatic carbocycles. The Morgan fingerprint density at radius 1 is 0.833 bits per heavy atom. The Labute approximate surface area is 246 Å². The zero-order valence-corrected chi connectivity index (χ0v) is 24.6. The standard InChI is InChI=1S/C33H34FN3O4S/c1-24-16-18-29(19-17-24)42(40,41)37(28-14-9-10-25(2)20-28)23-32(38)36(22-27-13-7-8-15-30(27)34)31(33(39)35-3)21-26-11-5-4-6-12-26/h4-20,31H,21-23H2,1-3H3,(H,35,39)/t31-/m1/s1. The first kappa shape index (κ1) is 30.5. The maximum Gasteiger partial charge on any atom is 0.264 e. The molecule has 4 aromatic rings. The molecule has 2 amide bonds. The molecule has 9 heteroatoms. The van der Waals surface area contributed by atoms with E-state index >= 15 is 0 Å². The highest BCUT2D eigenvalue weighted by atomic mass is 32.2. The average Bonchev–Trinajstić information content (AvgIpc) is 2.98. The van der Waals surface area contributed by atoms with Gasteiger partial charge in [0.25, 0.3) is 10.0 Å². The van der Waals surface area contributed by atoms with E-state index < -0.39 is 40.2 Å². The highest BCUT2D eigenvalue weighted by Gasteiger charge is 2.34. The lowest BCUT2D eigenvalue weighted by atomic mass is 10.0. The number of hydrogen-bond donors (Lipinski definition) is 1.